The summed E-state index contributed by atoms with van der Waals surface area (Å²) in [6.45, 7) is 8.57. The topological polar surface area (TPSA) is 41.1 Å². The number of aromatic nitrogens is 2. The van der Waals surface area contributed by atoms with Crippen LogP contribution in [0.4, 0.5) is 17.5 Å². The summed E-state index contributed by atoms with van der Waals surface area (Å²) in [5, 5.41) is 3.41. The van der Waals surface area contributed by atoms with Gasteiger partial charge in [-0.2, -0.15) is 4.98 Å². The number of piperidine rings is 1. The van der Waals surface area contributed by atoms with E-state index >= 15 is 0 Å². The molecular weight excluding hydrogens is 284 g/mol. The molecule has 1 saturated heterocycles. The first-order valence-electron chi connectivity index (χ1n) is 8.59. The van der Waals surface area contributed by atoms with Gasteiger partial charge in [0.1, 0.15) is 5.82 Å². The van der Waals surface area contributed by atoms with Gasteiger partial charge in [0, 0.05) is 30.5 Å². The number of nitrogens with one attached hydrogen (secondary N) is 1. The lowest BCUT2D eigenvalue weighted by Crippen LogP contribution is -2.31. The predicted molar refractivity (Wildman–Crippen MR) is 96.6 cm³/mol. The standard InChI is InChI=1S/C19H26N4/c1-14(2)16-7-9-17(10-8-16)21-18-13-15(3)20-19(22-18)23-11-5-4-6-12-23/h7-10,13-14H,4-6,11-12H2,1-3H3,(H,20,21,22). The molecule has 1 fully saturated rings. The minimum Gasteiger partial charge on any atom is -0.341 e. The molecule has 0 spiro atoms. The molecule has 0 bridgehead atoms. The first kappa shape index (κ1) is 15.8. The molecule has 1 N–H and O–H groups in total. The summed E-state index contributed by atoms with van der Waals surface area (Å²) < 4.78 is 0. The zero-order valence-electron chi connectivity index (χ0n) is 14.3. The van der Waals surface area contributed by atoms with E-state index in [1.807, 2.05) is 13.0 Å². The van der Waals surface area contributed by atoms with Crippen molar-refractivity contribution in [1.82, 2.24) is 9.97 Å². The van der Waals surface area contributed by atoms with Gasteiger partial charge in [-0.3, -0.25) is 0 Å². The van der Waals surface area contributed by atoms with Crippen LogP contribution in [-0.4, -0.2) is 23.1 Å². The zero-order valence-corrected chi connectivity index (χ0v) is 14.3. The summed E-state index contributed by atoms with van der Waals surface area (Å²) in [5.74, 6) is 2.28. The van der Waals surface area contributed by atoms with Gasteiger partial charge >= 0.3 is 0 Å². The molecular formula is C19H26N4. The van der Waals surface area contributed by atoms with Crippen molar-refractivity contribution in [2.75, 3.05) is 23.3 Å². The fraction of sp³-hybridized carbons (Fsp3) is 0.474. The smallest absolute Gasteiger partial charge is 0.227 e. The van der Waals surface area contributed by atoms with Gasteiger partial charge in [0.15, 0.2) is 0 Å². The Morgan fingerprint density at radius 1 is 1.00 bits per heavy atom. The first-order valence-corrected chi connectivity index (χ1v) is 8.59. The van der Waals surface area contributed by atoms with Crippen LogP contribution in [0, 0.1) is 6.92 Å². The van der Waals surface area contributed by atoms with E-state index in [9.17, 15) is 0 Å². The summed E-state index contributed by atoms with van der Waals surface area (Å²) >= 11 is 0. The van der Waals surface area contributed by atoms with Crippen LogP contribution >= 0.6 is 0 Å². The summed E-state index contributed by atoms with van der Waals surface area (Å²) in [6, 6.07) is 10.6. The average molecular weight is 310 g/mol. The largest absolute Gasteiger partial charge is 0.341 e. The molecule has 0 radical (unpaired) electrons. The molecule has 4 nitrogen and oxygen atoms in total. The van der Waals surface area contributed by atoms with Gasteiger partial charge in [-0.1, -0.05) is 26.0 Å². The first-order chi connectivity index (χ1) is 11.1. The quantitative estimate of drug-likeness (QED) is 0.893. The van der Waals surface area contributed by atoms with Gasteiger partial charge in [0.25, 0.3) is 0 Å². The molecule has 1 aromatic carbocycles. The van der Waals surface area contributed by atoms with Crippen LogP contribution in [0.3, 0.4) is 0 Å². The lowest BCUT2D eigenvalue weighted by atomic mass is 10.0. The van der Waals surface area contributed by atoms with Gasteiger partial charge in [0.05, 0.1) is 0 Å². The number of rotatable bonds is 4. The van der Waals surface area contributed by atoms with Crippen molar-refractivity contribution in [1.29, 1.82) is 0 Å². The molecule has 0 unspecified atom stereocenters. The third-order valence-electron chi connectivity index (χ3n) is 4.33. The van der Waals surface area contributed by atoms with E-state index in [1.165, 1.54) is 24.8 Å². The van der Waals surface area contributed by atoms with Crippen molar-refractivity contribution in [2.24, 2.45) is 0 Å². The molecule has 3 rings (SSSR count). The molecule has 2 heterocycles. The Bertz CT molecular complexity index is 643. The maximum atomic E-state index is 4.71. The van der Waals surface area contributed by atoms with Crippen molar-refractivity contribution in [3.8, 4) is 0 Å². The second-order valence-electron chi connectivity index (χ2n) is 6.64. The maximum absolute atomic E-state index is 4.71. The molecule has 23 heavy (non-hydrogen) atoms. The molecule has 1 aliphatic rings. The number of hydrogen-bond donors (Lipinski definition) is 1. The van der Waals surface area contributed by atoms with Gasteiger partial charge in [0.2, 0.25) is 5.95 Å². The lowest BCUT2D eigenvalue weighted by Gasteiger charge is -2.27. The Hall–Kier alpha value is -2.10. The fourth-order valence-electron chi connectivity index (χ4n) is 2.95. The van der Waals surface area contributed by atoms with E-state index in [0.717, 1.165) is 36.2 Å². The van der Waals surface area contributed by atoms with E-state index < -0.39 is 0 Å². The molecule has 0 amide bonds. The van der Waals surface area contributed by atoms with Gasteiger partial charge < -0.3 is 10.2 Å². The molecule has 2 aromatic rings. The normalized spacial score (nSPS) is 15.0. The third-order valence-corrected chi connectivity index (χ3v) is 4.33. The minimum absolute atomic E-state index is 0.552. The molecule has 1 aliphatic heterocycles. The van der Waals surface area contributed by atoms with Crippen LogP contribution in [0.5, 0.6) is 0 Å². The van der Waals surface area contributed by atoms with E-state index in [-0.39, 0.29) is 0 Å². The van der Waals surface area contributed by atoms with Gasteiger partial charge in [-0.05, 0) is 49.8 Å². The van der Waals surface area contributed by atoms with Crippen molar-refractivity contribution >= 4 is 17.5 Å². The number of benzene rings is 1. The highest BCUT2D eigenvalue weighted by atomic mass is 15.3. The average Bonchev–Trinajstić information content (AvgIpc) is 2.55. The predicted octanol–water partition coefficient (Wildman–Crippen LogP) is 4.64. The maximum Gasteiger partial charge on any atom is 0.227 e. The summed E-state index contributed by atoms with van der Waals surface area (Å²) in [7, 11) is 0. The fourth-order valence-corrected chi connectivity index (χ4v) is 2.95. The van der Waals surface area contributed by atoms with Crippen molar-refractivity contribution in [2.45, 2.75) is 46.0 Å². The Balaban J connectivity index is 1.78. The van der Waals surface area contributed by atoms with Crippen LogP contribution in [0.2, 0.25) is 0 Å². The van der Waals surface area contributed by atoms with Crippen molar-refractivity contribution in [3.05, 3.63) is 41.6 Å². The number of nitrogens with zero attached hydrogens (tertiary/aromatic N) is 3. The second-order valence-corrected chi connectivity index (χ2v) is 6.64. The molecule has 122 valence electrons. The SMILES string of the molecule is Cc1cc(Nc2ccc(C(C)C)cc2)nc(N2CCCCC2)n1. The highest BCUT2D eigenvalue weighted by Gasteiger charge is 2.14. The van der Waals surface area contributed by atoms with E-state index in [4.69, 9.17) is 4.98 Å². The van der Waals surface area contributed by atoms with Crippen molar-refractivity contribution < 1.29 is 0 Å². The van der Waals surface area contributed by atoms with Crippen LogP contribution in [0.15, 0.2) is 30.3 Å². The van der Waals surface area contributed by atoms with Crippen LogP contribution in [0.25, 0.3) is 0 Å². The van der Waals surface area contributed by atoms with Gasteiger partial charge in [-0.25, -0.2) is 4.98 Å². The highest BCUT2D eigenvalue weighted by molar-refractivity contribution is 5.58. The van der Waals surface area contributed by atoms with Gasteiger partial charge in [-0.15, -0.1) is 0 Å². The van der Waals surface area contributed by atoms with Crippen LogP contribution < -0.4 is 10.2 Å². The number of hydrogen-bond acceptors (Lipinski definition) is 4. The minimum atomic E-state index is 0.552. The van der Waals surface area contributed by atoms with Crippen LogP contribution in [-0.2, 0) is 0 Å². The zero-order chi connectivity index (χ0) is 16.2. The Morgan fingerprint density at radius 2 is 1.70 bits per heavy atom. The summed E-state index contributed by atoms with van der Waals surface area (Å²) in [6.07, 6.45) is 3.78. The second kappa shape index (κ2) is 6.99. The molecule has 0 saturated carbocycles. The molecule has 0 atom stereocenters. The monoisotopic (exact) mass is 310 g/mol. The number of aryl methyl sites for hydroxylation is 1. The lowest BCUT2D eigenvalue weighted by molar-refractivity contribution is 0.568. The Labute approximate surface area is 139 Å². The third kappa shape index (κ3) is 4.01. The summed E-state index contributed by atoms with van der Waals surface area (Å²) in [5.41, 5.74) is 3.42. The van der Waals surface area contributed by atoms with E-state index in [2.05, 4.69) is 53.3 Å². The Kier molecular flexibility index (Phi) is 4.79. The van der Waals surface area contributed by atoms with Crippen LogP contribution in [0.1, 0.15) is 50.3 Å². The summed E-state index contributed by atoms with van der Waals surface area (Å²) in [4.78, 5) is 11.6. The Morgan fingerprint density at radius 3 is 2.35 bits per heavy atom. The number of anilines is 3. The van der Waals surface area contributed by atoms with Crippen molar-refractivity contribution in [3.63, 3.8) is 0 Å². The highest BCUT2D eigenvalue weighted by Crippen LogP contribution is 2.22. The molecule has 4 heteroatoms. The molecule has 1 aromatic heterocycles. The molecule has 0 aliphatic carbocycles. The van der Waals surface area contributed by atoms with E-state index in [0.29, 0.717) is 5.92 Å². The van der Waals surface area contributed by atoms with E-state index in [1.54, 1.807) is 0 Å².